The number of alkyl halides is 3. The summed E-state index contributed by atoms with van der Waals surface area (Å²) in [6.07, 6.45) is -3.41. The lowest BCUT2D eigenvalue weighted by Gasteiger charge is -2.15. The molecule has 1 rings (SSSR count). The topological polar surface area (TPSA) is 9.23 Å². The Morgan fingerprint density at radius 2 is 1.91 bits per heavy atom. The maximum atomic E-state index is 11.9. The van der Waals surface area contributed by atoms with E-state index in [-0.39, 0.29) is 6.61 Å². The van der Waals surface area contributed by atoms with Crippen molar-refractivity contribution >= 4 is 0 Å². The SMILES string of the molecule is COCC1(CC(F)(F)F)CC1. The molecule has 1 aliphatic carbocycles. The van der Waals surface area contributed by atoms with Gasteiger partial charge in [-0.05, 0) is 12.8 Å². The van der Waals surface area contributed by atoms with Crippen LogP contribution in [0, 0.1) is 5.41 Å². The van der Waals surface area contributed by atoms with Gasteiger partial charge in [0.1, 0.15) is 0 Å². The molecule has 0 radical (unpaired) electrons. The molecule has 0 bridgehead atoms. The molecule has 0 aliphatic heterocycles. The van der Waals surface area contributed by atoms with Gasteiger partial charge in [-0.1, -0.05) is 0 Å². The van der Waals surface area contributed by atoms with E-state index in [1.807, 2.05) is 0 Å². The summed E-state index contributed by atoms with van der Waals surface area (Å²) in [4.78, 5) is 0. The van der Waals surface area contributed by atoms with Crippen LogP contribution in [0.25, 0.3) is 0 Å². The van der Waals surface area contributed by atoms with Crippen molar-refractivity contribution in [3.63, 3.8) is 0 Å². The maximum Gasteiger partial charge on any atom is 0.389 e. The highest BCUT2D eigenvalue weighted by Gasteiger charge is 2.50. The molecule has 0 aromatic heterocycles. The van der Waals surface area contributed by atoms with Crippen LogP contribution in [0.1, 0.15) is 19.3 Å². The van der Waals surface area contributed by atoms with Crippen molar-refractivity contribution in [2.75, 3.05) is 13.7 Å². The molecule has 0 saturated heterocycles. The number of halogens is 3. The van der Waals surface area contributed by atoms with Crippen LogP contribution in [-0.4, -0.2) is 19.9 Å². The van der Waals surface area contributed by atoms with Crippen LogP contribution in [0.3, 0.4) is 0 Å². The summed E-state index contributed by atoms with van der Waals surface area (Å²) in [6.45, 7) is 0.243. The molecule has 0 N–H and O–H groups in total. The van der Waals surface area contributed by atoms with Crippen molar-refractivity contribution in [2.45, 2.75) is 25.4 Å². The first-order valence-corrected chi connectivity index (χ1v) is 3.53. The zero-order chi connectivity index (χ0) is 8.54. The highest BCUT2D eigenvalue weighted by atomic mass is 19.4. The number of rotatable bonds is 3. The quantitative estimate of drug-likeness (QED) is 0.628. The lowest BCUT2D eigenvalue weighted by Crippen LogP contribution is -2.19. The van der Waals surface area contributed by atoms with Crippen molar-refractivity contribution in [3.8, 4) is 0 Å². The van der Waals surface area contributed by atoms with Crippen molar-refractivity contribution in [1.29, 1.82) is 0 Å². The molecule has 0 aromatic rings. The molecule has 0 heterocycles. The average molecular weight is 168 g/mol. The van der Waals surface area contributed by atoms with Gasteiger partial charge in [0.25, 0.3) is 0 Å². The summed E-state index contributed by atoms with van der Waals surface area (Å²) < 4.78 is 40.3. The highest BCUT2D eigenvalue weighted by molar-refractivity contribution is 4.94. The lowest BCUT2D eigenvalue weighted by molar-refractivity contribution is -0.151. The maximum absolute atomic E-state index is 11.9. The number of hydrogen-bond donors (Lipinski definition) is 0. The fourth-order valence-corrected chi connectivity index (χ4v) is 1.28. The molecule has 0 atom stereocenters. The number of hydrogen-bond acceptors (Lipinski definition) is 1. The second-order valence-electron chi connectivity index (χ2n) is 3.22. The van der Waals surface area contributed by atoms with Gasteiger partial charge in [-0.2, -0.15) is 13.2 Å². The van der Waals surface area contributed by atoms with Gasteiger partial charge in [0.2, 0.25) is 0 Å². The molecule has 4 heteroatoms. The minimum absolute atomic E-state index is 0.243. The van der Waals surface area contributed by atoms with Crippen LogP contribution in [0.4, 0.5) is 13.2 Å². The van der Waals surface area contributed by atoms with Gasteiger partial charge in [0, 0.05) is 12.5 Å². The van der Waals surface area contributed by atoms with Gasteiger partial charge < -0.3 is 4.74 Å². The third-order valence-electron chi connectivity index (χ3n) is 1.98. The first-order chi connectivity index (χ1) is 4.97. The minimum atomic E-state index is -4.03. The third kappa shape index (κ3) is 2.69. The lowest BCUT2D eigenvalue weighted by atomic mass is 10.0. The summed E-state index contributed by atoms with van der Waals surface area (Å²) in [7, 11) is 1.44. The standard InChI is InChI=1S/C7H11F3O/c1-11-5-6(2-3-6)4-7(8,9)10/h2-5H2,1H3. The molecular formula is C7H11F3O. The zero-order valence-corrected chi connectivity index (χ0v) is 6.37. The van der Waals surface area contributed by atoms with Crippen molar-refractivity contribution in [3.05, 3.63) is 0 Å². The van der Waals surface area contributed by atoms with E-state index in [0.717, 1.165) is 0 Å². The van der Waals surface area contributed by atoms with Crippen LogP contribution in [0.5, 0.6) is 0 Å². The summed E-state index contributed by atoms with van der Waals surface area (Å²) in [5, 5.41) is 0. The Labute approximate surface area is 63.5 Å². The molecule has 1 aliphatic rings. The van der Waals surface area contributed by atoms with E-state index in [2.05, 4.69) is 0 Å². The Morgan fingerprint density at radius 1 is 1.36 bits per heavy atom. The molecule has 1 nitrogen and oxygen atoms in total. The van der Waals surface area contributed by atoms with E-state index in [9.17, 15) is 13.2 Å². The summed E-state index contributed by atoms with van der Waals surface area (Å²) in [6, 6.07) is 0. The molecular weight excluding hydrogens is 157 g/mol. The van der Waals surface area contributed by atoms with E-state index in [1.54, 1.807) is 0 Å². The smallest absolute Gasteiger partial charge is 0.384 e. The normalized spacial score (nSPS) is 21.8. The van der Waals surface area contributed by atoms with Gasteiger partial charge in [-0.15, -0.1) is 0 Å². The minimum Gasteiger partial charge on any atom is -0.384 e. The fraction of sp³-hybridized carbons (Fsp3) is 1.00. The van der Waals surface area contributed by atoms with Crippen LogP contribution < -0.4 is 0 Å². The molecule has 0 amide bonds. The van der Waals surface area contributed by atoms with Crippen LogP contribution in [0.2, 0.25) is 0 Å². The van der Waals surface area contributed by atoms with E-state index in [0.29, 0.717) is 12.8 Å². The molecule has 1 saturated carbocycles. The van der Waals surface area contributed by atoms with E-state index < -0.39 is 18.0 Å². The largest absolute Gasteiger partial charge is 0.389 e. The van der Waals surface area contributed by atoms with Crippen LogP contribution in [-0.2, 0) is 4.74 Å². The summed E-state index contributed by atoms with van der Waals surface area (Å²) >= 11 is 0. The Balaban J connectivity index is 2.35. The first kappa shape index (κ1) is 8.84. The molecule has 0 unspecified atom stereocenters. The van der Waals surface area contributed by atoms with E-state index in [4.69, 9.17) is 4.74 Å². The average Bonchev–Trinajstić information content (AvgIpc) is 2.44. The van der Waals surface area contributed by atoms with Gasteiger partial charge in [0.15, 0.2) is 0 Å². The summed E-state index contributed by atoms with van der Waals surface area (Å²) in [5.41, 5.74) is -0.562. The first-order valence-electron chi connectivity index (χ1n) is 3.53. The second kappa shape index (κ2) is 2.66. The van der Waals surface area contributed by atoms with Gasteiger partial charge in [-0.3, -0.25) is 0 Å². The zero-order valence-electron chi connectivity index (χ0n) is 6.37. The number of methoxy groups -OCH3 is 1. The molecule has 0 aromatic carbocycles. The van der Waals surface area contributed by atoms with Crippen molar-refractivity contribution in [2.24, 2.45) is 5.41 Å². The molecule has 66 valence electrons. The molecule has 1 fully saturated rings. The van der Waals surface area contributed by atoms with Crippen molar-refractivity contribution < 1.29 is 17.9 Å². The Kier molecular flexibility index (Phi) is 2.14. The van der Waals surface area contributed by atoms with Gasteiger partial charge >= 0.3 is 6.18 Å². The number of ether oxygens (including phenoxy) is 1. The van der Waals surface area contributed by atoms with Crippen LogP contribution >= 0.6 is 0 Å². The Hall–Kier alpha value is -0.250. The van der Waals surface area contributed by atoms with E-state index in [1.165, 1.54) is 7.11 Å². The highest BCUT2D eigenvalue weighted by Crippen LogP contribution is 2.52. The fourth-order valence-electron chi connectivity index (χ4n) is 1.28. The van der Waals surface area contributed by atoms with Crippen molar-refractivity contribution in [1.82, 2.24) is 0 Å². The predicted octanol–water partition coefficient (Wildman–Crippen LogP) is 2.37. The van der Waals surface area contributed by atoms with Crippen LogP contribution in [0.15, 0.2) is 0 Å². The molecule has 11 heavy (non-hydrogen) atoms. The predicted molar refractivity (Wildman–Crippen MR) is 34.2 cm³/mol. The molecule has 0 spiro atoms. The Morgan fingerprint density at radius 3 is 2.18 bits per heavy atom. The van der Waals surface area contributed by atoms with Gasteiger partial charge in [-0.25, -0.2) is 0 Å². The Bertz CT molecular complexity index is 137. The third-order valence-corrected chi connectivity index (χ3v) is 1.98. The second-order valence-corrected chi connectivity index (χ2v) is 3.22. The van der Waals surface area contributed by atoms with E-state index >= 15 is 0 Å². The van der Waals surface area contributed by atoms with Gasteiger partial charge in [0.05, 0.1) is 13.0 Å². The monoisotopic (exact) mass is 168 g/mol. The summed E-state index contributed by atoms with van der Waals surface area (Å²) in [5.74, 6) is 0.